The van der Waals surface area contributed by atoms with Crippen molar-refractivity contribution in [3.8, 4) is 22.5 Å². The largest absolute Gasteiger partial charge is 0.243 e. The molecule has 20 heavy (non-hydrogen) atoms. The minimum absolute atomic E-state index is 0.438. The van der Waals surface area contributed by atoms with Crippen molar-refractivity contribution < 1.29 is 0 Å². The van der Waals surface area contributed by atoms with E-state index in [1.807, 2.05) is 67.6 Å². The Morgan fingerprint density at radius 1 is 0.700 bits per heavy atom. The fourth-order valence-corrected chi connectivity index (χ4v) is 2.42. The minimum Gasteiger partial charge on any atom is -0.243 e. The van der Waals surface area contributed by atoms with Crippen LogP contribution in [-0.4, -0.2) is 9.97 Å². The van der Waals surface area contributed by atoms with E-state index < -0.39 is 0 Å². The lowest BCUT2D eigenvalue weighted by Crippen LogP contribution is -1.97. The molecule has 0 aliphatic heterocycles. The van der Waals surface area contributed by atoms with Crippen molar-refractivity contribution in [2.45, 2.75) is 6.92 Å². The first-order valence-corrected chi connectivity index (χ1v) is 6.78. The van der Waals surface area contributed by atoms with Gasteiger partial charge in [0.2, 0.25) is 0 Å². The molecule has 98 valence electrons. The predicted octanol–water partition coefficient (Wildman–Crippen LogP) is 4.77. The van der Waals surface area contributed by atoms with Gasteiger partial charge in [-0.3, -0.25) is 0 Å². The van der Waals surface area contributed by atoms with Crippen molar-refractivity contribution in [2.24, 2.45) is 0 Å². The lowest BCUT2D eigenvalue weighted by atomic mass is 10.1. The van der Waals surface area contributed by atoms with Gasteiger partial charge >= 0.3 is 0 Å². The van der Waals surface area contributed by atoms with E-state index in [9.17, 15) is 0 Å². The van der Waals surface area contributed by atoms with E-state index in [0.717, 1.165) is 28.2 Å². The van der Waals surface area contributed by atoms with Gasteiger partial charge in [0.15, 0.2) is 5.15 Å². The van der Waals surface area contributed by atoms with E-state index in [0.29, 0.717) is 5.15 Å². The summed E-state index contributed by atoms with van der Waals surface area (Å²) in [6, 6.07) is 19.9. The quantitative estimate of drug-likeness (QED) is 0.675. The average Bonchev–Trinajstić information content (AvgIpc) is 2.49. The molecule has 0 N–H and O–H groups in total. The Morgan fingerprint density at radius 3 is 1.75 bits per heavy atom. The molecule has 2 nitrogen and oxygen atoms in total. The monoisotopic (exact) mass is 280 g/mol. The number of benzene rings is 2. The van der Waals surface area contributed by atoms with Crippen LogP contribution in [0, 0.1) is 6.92 Å². The van der Waals surface area contributed by atoms with Crippen LogP contribution >= 0.6 is 11.6 Å². The lowest BCUT2D eigenvalue weighted by Gasteiger charge is -2.09. The topological polar surface area (TPSA) is 25.8 Å². The van der Waals surface area contributed by atoms with Crippen LogP contribution in [0.2, 0.25) is 5.15 Å². The maximum absolute atomic E-state index is 6.25. The maximum Gasteiger partial charge on any atom is 0.155 e. The molecule has 0 atom stereocenters. The molecule has 0 saturated heterocycles. The number of aromatic nitrogens is 2. The third-order valence-electron chi connectivity index (χ3n) is 3.12. The van der Waals surface area contributed by atoms with Gasteiger partial charge in [0.05, 0.1) is 11.4 Å². The molecule has 0 radical (unpaired) electrons. The first kappa shape index (κ1) is 12.8. The smallest absolute Gasteiger partial charge is 0.155 e. The third kappa shape index (κ3) is 2.43. The van der Waals surface area contributed by atoms with E-state index in [4.69, 9.17) is 16.6 Å². The fourth-order valence-electron chi connectivity index (χ4n) is 2.14. The first-order chi connectivity index (χ1) is 9.75. The van der Waals surface area contributed by atoms with Crippen LogP contribution in [0.3, 0.4) is 0 Å². The van der Waals surface area contributed by atoms with Gasteiger partial charge < -0.3 is 0 Å². The highest BCUT2D eigenvalue weighted by Crippen LogP contribution is 2.29. The lowest BCUT2D eigenvalue weighted by molar-refractivity contribution is 1.13. The summed E-state index contributed by atoms with van der Waals surface area (Å²) in [7, 11) is 0. The highest BCUT2D eigenvalue weighted by atomic mass is 35.5. The summed E-state index contributed by atoms with van der Waals surface area (Å²) < 4.78 is 0. The van der Waals surface area contributed by atoms with Crippen LogP contribution in [-0.2, 0) is 0 Å². The SMILES string of the molecule is Cc1nc(Cl)c(-c2ccccc2)nc1-c1ccccc1. The third-order valence-corrected chi connectivity index (χ3v) is 3.39. The van der Waals surface area contributed by atoms with E-state index >= 15 is 0 Å². The summed E-state index contributed by atoms with van der Waals surface area (Å²) in [5.74, 6) is 0. The number of nitrogens with zero attached hydrogens (tertiary/aromatic N) is 2. The Bertz CT molecular complexity index is 664. The molecular weight excluding hydrogens is 268 g/mol. The van der Waals surface area contributed by atoms with Gasteiger partial charge in [-0.05, 0) is 6.92 Å². The van der Waals surface area contributed by atoms with Gasteiger partial charge in [0.1, 0.15) is 5.69 Å². The second-order valence-electron chi connectivity index (χ2n) is 4.53. The van der Waals surface area contributed by atoms with Crippen molar-refractivity contribution in [2.75, 3.05) is 0 Å². The highest BCUT2D eigenvalue weighted by Gasteiger charge is 2.12. The molecule has 0 saturated carbocycles. The van der Waals surface area contributed by atoms with E-state index in [-0.39, 0.29) is 0 Å². The Balaban J connectivity index is 2.19. The van der Waals surface area contributed by atoms with Gasteiger partial charge in [-0.1, -0.05) is 72.3 Å². The second-order valence-corrected chi connectivity index (χ2v) is 4.89. The molecule has 3 heteroatoms. The standard InChI is InChI=1S/C17H13ClN2/c1-12-15(13-8-4-2-5-9-13)20-16(17(18)19-12)14-10-6-3-7-11-14/h2-11H,1H3. The molecule has 0 fully saturated rings. The van der Waals surface area contributed by atoms with Crippen LogP contribution in [0.15, 0.2) is 60.7 Å². The van der Waals surface area contributed by atoms with Crippen molar-refractivity contribution in [1.82, 2.24) is 9.97 Å². The molecule has 0 aliphatic rings. The van der Waals surface area contributed by atoms with E-state index in [1.54, 1.807) is 0 Å². The number of rotatable bonds is 2. The van der Waals surface area contributed by atoms with Gasteiger partial charge in [0.25, 0.3) is 0 Å². The van der Waals surface area contributed by atoms with Crippen molar-refractivity contribution >= 4 is 11.6 Å². The molecule has 2 aromatic carbocycles. The summed E-state index contributed by atoms with van der Waals surface area (Å²) in [6.07, 6.45) is 0. The number of halogens is 1. The van der Waals surface area contributed by atoms with Gasteiger partial charge in [-0.2, -0.15) is 0 Å². The molecule has 0 aliphatic carbocycles. The predicted molar refractivity (Wildman–Crippen MR) is 82.7 cm³/mol. The molecule has 0 bridgehead atoms. The number of hydrogen-bond donors (Lipinski definition) is 0. The Kier molecular flexibility index (Phi) is 3.48. The summed E-state index contributed by atoms with van der Waals surface area (Å²) in [6.45, 7) is 1.93. The molecule has 0 spiro atoms. The van der Waals surface area contributed by atoms with Gasteiger partial charge in [-0.15, -0.1) is 0 Å². The Morgan fingerprint density at radius 2 is 1.20 bits per heavy atom. The normalized spacial score (nSPS) is 10.5. The zero-order valence-corrected chi connectivity index (χ0v) is 11.8. The molecule has 0 unspecified atom stereocenters. The van der Waals surface area contributed by atoms with Crippen LogP contribution in [0.4, 0.5) is 0 Å². The average molecular weight is 281 g/mol. The van der Waals surface area contributed by atoms with Crippen LogP contribution in [0.1, 0.15) is 5.69 Å². The van der Waals surface area contributed by atoms with Gasteiger partial charge in [0, 0.05) is 11.1 Å². The molecule has 1 heterocycles. The number of hydrogen-bond acceptors (Lipinski definition) is 2. The molecule has 3 aromatic rings. The van der Waals surface area contributed by atoms with Gasteiger partial charge in [-0.25, -0.2) is 9.97 Å². The zero-order chi connectivity index (χ0) is 13.9. The molecular formula is C17H13ClN2. The van der Waals surface area contributed by atoms with Crippen molar-refractivity contribution in [3.63, 3.8) is 0 Å². The number of aryl methyl sites for hydroxylation is 1. The Labute approximate surface area is 123 Å². The zero-order valence-electron chi connectivity index (χ0n) is 11.0. The van der Waals surface area contributed by atoms with Crippen LogP contribution in [0.25, 0.3) is 22.5 Å². The summed E-state index contributed by atoms with van der Waals surface area (Å²) in [4.78, 5) is 9.15. The highest BCUT2D eigenvalue weighted by molar-refractivity contribution is 6.31. The van der Waals surface area contributed by atoms with Crippen molar-refractivity contribution in [1.29, 1.82) is 0 Å². The summed E-state index contributed by atoms with van der Waals surface area (Å²) in [5.41, 5.74) is 4.44. The molecule has 3 rings (SSSR count). The minimum atomic E-state index is 0.438. The maximum atomic E-state index is 6.25. The molecule has 0 amide bonds. The fraction of sp³-hybridized carbons (Fsp3) is 0.0588. The molecule has 1 aromatic heterocycles. The first-order valence-electron chi connectivity index (χ1n) is 6.40. The second kappa shape index (κ2) is 5.43. The van der Waals surface area contributed by atoms with E-state index in [1.165, 1.54) is 0 Å². The summed E-state index contributed by atoms with van der Waals surface area (Å²) >= 11 is 6.25. The van der Waals surface area contributed by atoms with Crippen molar-refractivity contribution in [3.05, 3.63) is 71.5 Å². The van der Waals surface area contributed by atoms with E-state index in [2.05, 4.69) is 4.98 Å². The van der Waals surface area contributed by atoms with Crippen LogP contribution < -0.4 is 0 Å². The summed E-state index contributed by atoms with van der Waals surface area (Å²) in [5, 5.41) is 0.438. The van der Waals surface area contributed by atoms with Crippen LogP contribution in [0.5, 0.6) is 0 Å². The Hall–Kier alpha value is -2.19.